The summed E-state index contributed by atoms with van der Waals surface area (Å²) < 4.78 is 0. The Kier molecular flexibility index (Phi) is 10.7. The summed E-state index contributed by atoms with van der Waals surface area (Å²) in [6.07, 6.45) is 1.92. The van der Waals surface area contributed by atoms with E-state index in [-0.39, 0.29) is 19.0 Å². The highest BCUT2D eigenvalue weighted by Gasteiger charge is 2.14. The molecule has 152 valence electrons. The van der Waals surface area contributed by atoms with Gasteiger partial charge in [0.1, 0.15) is 5.82 Å². The first-order valence-electron chi connectivity index (χ1n) is 8.94. The van der Waals surface area contributed by atoms with Gasteiger partial charge >= 0.3 is 6.03 Å². The molecule has 2 amide bonds. The van der Waals surface area contributed by atoms with Crippen LogP contribution in [0.4, 0.5) is 10.6 Å². The number of carbonyl (C=O) groups is 2. The van der Waals surface area contributed by atoms with Crippen LogP contribution >= 0.6 is 0 Å². The number of carbonyl (C=O) groups excluding carboxylic acids is 1. The molecule has 2 aromatic rings. The Morgan fingerprint density at radius 1 is 1.21 bits per heavy atom. The average Bonchev–Trinajstić information content (AvgIpc) is 2.70. The van der Waals surface area contributed by atoms with E-state index in [9.17, 15) is 9.90 Å². The molecule has 0 aliphatic heterocycles. The molecule has 2 rings (SSSR count). The van der Waals surface area contributed by atoms with Crippen molar-refractivity contribution in [2.75, 3.05) is 32.0 Å². The van der Waals surface area contributed by atoms with Crippen molar-refractivity contribution < 1.29 is 19.8 Å². The van der Waals surface area contributed by atoms with Crippen molar-refractivity contribution in [3.8, 4) is 0 Å². The maximum Gasteiger partial charge on any atom is 0.317 e. The molecule has 1 atom stereocenters. The van der Waals surface area contributed by atoms with Crippen molar-refractivity contribution in [3.63, 3.8) is 0 Å². The highest BCUT2D eigenvalue weighted by Crippen LogP contribution is 2.12. The Hall–Kier alpha value is -3.13. The monoisotopic (exact) mass is 388 g/mol. The number of urea groups is 1. The predicted molar refractivity (Wildman–Crippen MR) is 108 cm³/mol. The van der Waals surface area contributed by atoms with E-state index in [0.29, 0.717) is 6.54 Å². The topological polar surface area (TPSA) is 115 Å². The zero-order valence-electron chi connectivity index (χ0n) is 16.2. The lowest BCUT2D eigenvalue weighted by Gasteiger charge is -2.21. The second kappa shape index (κ2) is 13.1. The third-order valence-corrected chi connectivity index (χ3v) is 3.83. The number of likely N-dealkylation sites (N-methyl/N-ethyl adjacent to an activating group) is 1. The summed E-state index contributed by atoms with van der Waals surface area (Å²) in [4.78, 5) is 26.2. The average molecular weight is 388 g/mol. The number of nitrogens with one attached hydrogen (secondary N) is 2. The fourth-order valence-electron chi connectivity index (χ4n) is 2.33. The normalized spacial score (nSPS) is 10.8. The van der Waals surface area contributed by atoms with Crippen molar-refractivity contribution in [1.29, 1.82) is 0 Å². The van der Waals surface area contributed by atoms with Gasteiger partial charge < -0.3 is 25.7 Å². The van der Waals surface area contributed by atoms with Gasteiger partial charge in [-0.2, -0.15) is 0 Å². The minimum Gasteiger partial charge on any atom is -0.483 e. The zero-order chi connectivity index (χ0) is 20.8. The Balaban J connectivity index is 0.00000122. The molecule has 0 bridgehead atoms. The lowest BCUT2D eigenvalue weighted by atomic mass is 10.1. The minimum atomic E-state index is -0.689. The highest BCUT2D eigenvalue weighted by atomic mass is 16.3. The first-order valence-corrected chi connectivity index (χ1v) is 8.94. The number of carboxylic acid groups (broad SMARTS) is 1. The maximum absolute atomic E-state index is 12.1. The lowest BCUT2D eigenvalue weighted by Crippen LogP contribution is -2.40. The van der Waals surface area contributed by atoms with Gasteiger partial charge in [-0.3, -0.25) is 4.79 Å². The van der Waals surface area contributed by atoms with Crippen molar-refractivity contribution in [3.05, 3.63) is 59.8 Å². The predicted octanol–water partition coefficient (Wildman–Crippen LogP) is 2.27. The van der Waals surface area contributed by atoms with Crippen LogP contribution in [-0.2, 0) is 4.79 Å². The van der Waals surface area contributed by atoms with Crippen molar-refractivity contribution in [2.45, 2.75) is 19.4 Å². The fourth-order valence-corrected chi connectivity index (χ4v) is 2.33. The van der Waals surface area contributed by atoms with Crippen LogP contribution in [0.15, 0.2) is 48.7 Å². The number of aromatic nitrogens is 1. The highest BCUT2D eigenvalue weighted by molar-refractivity contribution is 5.73. The van der Waals surface area contributed by atoms with Crippen LogP contribution < -0.4 is 10.6 Å². The maximum atomic E-state index is 12.1. The molecule has 0 saturated heterocycles. The number of rotatable bonds is 8. The molecular weight excluding hydrogens is 360 g/mol. The van der Waals surface area contributed by atoms with Crippen LogP contribution in [0.1, 0.15) is 23.7 Å². The molecule has 1 heterocycles. The van der Waals surface area contributed by atoms with E-state index < -0.39 is 6.10 Å². The molecule has 4 N–H and O–H groups in total. The molecule has 1 aromatic heterocycles. The minimum absolute atomic E-state index is 0.191. The third-order valence-electron chi connectivity index (χ3n) is 3.83. The summed E-state index contributed by atoms with van der Waals surface area (Å²) in [6, 6.07) is 13.1. The molecule has 0 aliphatic carbocycles. The van der Waals surface area contributed by atoms with Gasteiger partial charge in [-0.15, -0.1) is 0 Å². The van der Waals surface area contributed by atoms with Gasteiger partial charge in [-0.25, -0.2) is 9.78 Å². The SMILES string of the molecule is Cc1ccc(NCCCNC(=O)N(C)CC(O)c2ccccc2)nc1.O=CO. The Morgan fingerprint density at radius 2 is 1.89 bits per heavy atom. The molecule has 0 radical (unpaired) electrons. The van der Waals surface area contributed by atoms with Gasteiger partial charge in [0.25, 0.3) is 6.47 Å². The number of hydrogen-bond donors (Lipinski definition) is 4. The van der Waals surface area contributed by atoms with Crippen LogP contribution in [-0.4, -0.2) is 59.3 Å². The molecule has 0 spiro atoms. The number of anilines is 1. The van der Waals surface area contributed by atoms with E-state index in [4.69, 9.17) is 9.90 Å². The molecule has 28 heavy (non-hydrogen) atoms. The molecule has 0 saturated carbocycles. The Bertz CT molecular complexity index is 695. The molecule has 0 fully saturated rings. The molecule has 1 aromatic carbocycles. The second-order valence-electron chi connectivity index (χ2n) is 6.15. The van der Waals surface area contributed by atoms with Crippen LogP contribution in [0.3, 0.4) is 0 Å². The van der Waals surface area contributed by atoms with Crippen LogP contribution in [0, 0.1) is 6.92 Å². The third kappa shape index (κ3) is 9.00. The van der Waals surface area contributed by atoms with Gasteiger partial charge in [-0.05, 0) is 30.5 Å². The van der Waals surface area contributed by atoms with Crippen LogP contribution in [0.5, 0.6) is 0 Å². The van der Waals surface area contributed by atoms with Gasteiger partial charge in [0.15, 0.2) is 0 Å². The van der Waals surface area contributed by atoms with Crippen LogP contribution in [0.25, 0.3) is 0 Å². The summed E-state index contributed by atoms with van der Waals surface area (Å²) in [6.45, 7) is 3.29. The standard InChI is InChI=1S/C19H26N4O2.CH2O2/c1-15-9-10-18(22-13-15)20-11-6-12-21-19(25)23(2)14-17(24)16-7-4-3-5-8-16;2-1-3/h3-5,7-10,13,17,24H,6,11-12,14H2,1-2H3,(H,20,22)(H,21,25);1H,(H,2,3). The number of amides is 2. The molecule has 1 unspecified atom stereocenters. The van der Waals surface area contributed by atoms with E-state index in [1.54, 1.807) is 7.05 Å². The van der Waals surface area contributed by atoms with E-state index >= 15 is 0 Å². The lowest BCUT2D eigenvalue weighted by molar-refractivity contribution is -0.122. The van der Waals surface area contributed by atoms with Gasteiger partial charge in [0.05, 0.1) is 12.6 Å². The fraction of sp³-hybridized carbons (Fsp3) is 0.350. The number of nitrogens with zero attached hydrogens (tertiary/aromatic N) is 2. The molecule has 0 aliphatic rings. The van der Waals surface area contributed by atoms with Gasteiger partial charge in [0.2, 0.25) is 0 Å². The van der Waals surface area contributed by atoms with E-state index in [2.05, 4.69) is 15.6 Å². The molecule has 8 nitrogen and oxygen atoms in total. The molecular formula is C20H28N4O4. The van der Waals surface area contributed by atoms with Crippen molar-refractivity contribution >= 4 is 18.3 Å². The number of benzene rings is 1. The van der Waals surface area contributed by atoms with Crippen molar-refractivity contribution in [1.82, 2.24) is 15.2 Å². The van der Waals surface area contributed by atoms with Gasteiger partial charge in [0, 0.05) is 26.3 Å². The number of hydrogen-bond acceptors (Lipinski definition) is 5. The van der Waals surface area contributed by atoms with E-state index in [1.807, 2.05) is 55.6 Å². The summed E-state index contributed by atoms with van der Waals surface area (Å²) in [7, 11) is 1.68. The smallest absolute Gasteiger partial charge is 0.317 e. The van der Waals surface area contributed by atoms with Crippen molar-refractivity contribution in [2.24, 2.45) is 0 Å². The van der Waals surface area contributed by atoms with E-state index in [1.165, 1.54) is 4.90 Å². The number of aryl methyl sites for hydroxylation is 1. The summed E-state index contributed by atoms with van der Waals surface area (Å²) in [5.74, 6) is 0.833. The summed E-state index contributed by atoms with van der Waals surface area (Å²) in [5, 5.41) is 23.1. The number of pyridine rings is 1. The number of aliphatic hydroxyl groups is 1. The van der Waals surface area contributed by atoms with E-state index in [0.717, 1.165) is 29.9 Å². The molecule has 8 heteroatoms. The summed E-state index contributed by atoms with van der Waals surface area (Å²) >= 11 is 0. The zero-order valence-corrected chi connectivity index (χ0v) is 16.2. The van der Waals surface area contributed by atoms with Gasteiger partial charge in [-0.1, -0.05) is 36.4 Å². The first kappa shape index (κ1) is 22.9. The second-order valence-corrected chi connectivity index (χ2v) is 6.15. The Labute approximate surface area is 165 Å². The number of aliphatic hydroxyl groups excluding tert-OH is 1. The largest absolute Gasteiger partial charge is 0.483 e. The Morgan fingerprint density at radius 3 is 2.50 bits per heavy atom. The quantitative estimate of drug-likeness (QED) is 0.407. The van der Waals surface area contributed by atoms with Crippen LogP contribution in [0.2, 0.25) is 0 Å². The summed E-state index contributed by atoms with van der Waals surface area (Å²) in [5.41, 5.74) is 1.93. The first-order chi connectivity index (χ1) is 13.5.